The maximum atomic E-state index is 13.1. The summed E-state index contributed by atoms with van der Waals surface area (Å²) in [6.45, 7) is 12.6. The molecule has 0 radical (unpaired) electrons. The fraction of sp³-hybridized carbons (Fsp3) is 0.632. The Morgan fingerprint density at radius 2 is 1.85 bits per heavy atom. The normalized spacial score (nSPS) is 28.8. The number of hydrogen-bond donors (Lipinski definition) is 0. The summed E-state index contributed by atoms with van der Waals surface area (Å²) in [4.78, 5) is 15.0. The molecule has 2 fully saturated rings. The molecule has 140 valence electrons. The highest BCUT2D eigenvalue weighted by Crippen LogP contribution is 2.41. The standard InChI is InChI=1S/C19H25BClNO4/c1-10-7-12-9-22(10)17(23)13-8-14(11(2)15(21)16(13)24-12)20-25-18(3,4)19(5,6)26-20/h8,10,12H,7,9H2,1-6H3/t10-,12?/m1/s1. The summed E-state index contributed by atoms with van der Waals surface area (Å²) in [5.41, 5.74) is 1.20. The Kier molecular flexibility index (Phi) is 3.93. The maximum Gasteiger partial charge on any atom is 0.495 e. The van der Waals surface area contributed by atoms with Crippen molar-refractivity contribution >= 4 is 30.1 Å². The molecule has 3 aliphatic rings. The number of hydrogen-bond acceptors (Lipinski definition) is 4. The van der Waals surface area contributed by atoms with Gasteiger partial charge in [-0.25, -0.2) is 0 Å². The Labute approximate surface area is 160 Å². The molecule has 0 saturated carbocycles. The molecule has 3 heterocycles. The van der Waals surface area contributed by atoms with Gasteiger partial charge in [-0.1, -0.05) is 11.6 Å². The zero-order valence-electron chi connectivity index (χ0n) is 16.2. The molecular weight excluding hydrogens is 352 g/mol. The van der Waals surface area contributed by atoms with Gasteiger partial charge in [-0.05, 0) is 58.6 Å². The van der Waals surface area contributed by atoms with E-state index in [1.165, 1.54) is 0 Å². The van der Waals surface area contributed by atoms with Crippen LogP contribution in [-0.2, 0) is 9.31 Å². The second-order valence-corrected chi connectivity index (χ2v) is 9.03. The molecule has 1 aromatic rings. The van der Waals surface area contributed by atoms with Gasteiger partial charge in [0, 0.05) is 12.5 Å². The van der Waals surface area contributed by atoms with Gasteiger partial charge < -0.3 is 18.9 Å². The van der Waals surface area contributed by atoms with E-state index in [-0.39, 0.29) is 18.1 Å². The predicted molar refractivity (Wildman–Crippen MR) is 101 cm³/mol. The van der Waals surface area contributed by atoms with Crippen molar-refractivity contribution in [2.24, 2.45) is 0 Å². The van der Waals surface area contributed by atoms with Crippen LogP contribution in [0.4, 0.5) is 0 Å². The van der Waals surface area contributed by atoms with Crippen molar-refractivity contribution in [2.75, 3.05) is 6.54 Å². The second-order valence-electron chi connectivity index (χ2n) is 8.65. The Balaban J connectivity index is 1.81. The third-order valence-corrected chi connectivity index (χ3v) is 6.78. The van der Waals surface area contributed by atoms with Gasteiger partial charge in [0.1, 0.15) is 6.10 Å². The quantitative estimate of drug-likeness (QED) is 0.706. The smallest absolute Gasteiger partial charge is 0.486 e. The Hall–Kier alpha value is -1.24. The van der Waals surface area contributed by atoms with Crippen LogP contribution in [0.2, 0.25) is 5.02 Å². The molecule has 4 rings (SSSR count). The molecular formula is C19H25BClNO4. The van der Waals surface area contributed by atoms with E-state index in [2.05, 4.69) is 6.92 Å². The van der Waals surface area contributed by atoms with Crippen LogP contribution in [0.25, 0.3) is 0 Å². The molecule has 3 aliphatic heterocycles. The molecule has 2 atom stereocenters. The number of nitrogens with zero attached hydrogens (tertiary/aromatic N) is 1. The molecule has 0 N–H and O–H groups in total. The SMILES string of the molecule is Cc1c(B2OC(C)(C)C(C)(C)O2)cc2c(c1Cl)OC1C[C@@H](C)N(C1)C2=O. The van der Waals surface area contributed by atoms with E-state index in [1.807, 2.05) is 45.6 Å². The molecule has 0 spiro atoms. The van der Waals surface area contributed by atoms with Crippen LogP contribution < -0.4 is 10.2 Å². The van der Waals surface area contributed by atoms with Crippen LogP contribution in [0.15, 0.2) is 6.07 Å². The lowest BCUT2D eigenvalue weighted by Gasteiger charge is -2.32. The van der Waals surface area contributed by atoms with Gasteiger partial charge in [0.05, 0.1) is 28.3 Å². The minimum atomic E-state index is -0.566. The Morgan fingerprint density at radius 3 is 2.46 bits per heavy atom. The first-order valence-corrected chi connectivity index (χ1v) is 9.56. The van der Waals surface area contributed by atoms with Crippen molar-refractivity contribution in [1.82, 2.24) is 4.90 Å². The Bertz CT molecular complexity index is 778. The lowest BCUT2D eigenvalue weighted by atomic mass is 9.75. The van der Waals surface area contributed by atoms with E-state index < -0.39 is 18.3 Å². The highest BCUT2D eigenvalue weighted by Gasteiger charge is 2.52. The molecule has 0 aromatic heterocycles. The summed E-state index contributed by atoms with van der Waals surface area (Å²) >= 11 is 6.64. The van der Waals surface area contributed by atoms with Crippen LogP contribution >= 0.6 is 11.6 Å². The largest absolute Gasteiger partial charge is 0.495 e. The van der Waals surface area contributed by atoms with Gasteiger partial charge in [0.15, 0.2) is 5.75 Å². The van der Waals surface area contributed by atoms with Gasteiger partial charge in [-0.15, -0.1) is 0 Å². The van der Waals surface area contributed by atoms with Gasteiger partial charge in [-0.2, -0.15) is 0 Å². The molecule has 1 aromatic carbocycles. The van der Waals surface area contributed by atoms with Crippen LogP contribution in [0.5, 0.6) is 5.75 Å². The number of ether oxygens (including phenoxy) is 1. The first-order valence-electron chi connectivity index (χ1n) is 9.18. The zero-order chi connectivity index (χ0) is 19.0. The lowest BCUT2D eigenvalue weighted by Crippen LogP contribution is -2.41. The Morgan fingerprint density at radius 1 is 1.23 bits per heavy atom. The molecule has 7 heteroatoms. The highest BCUT2D eigenvalue weighted by atomic mass is 35.5. The number of carbonyl (C=O) groups excluding carboxylic acids is 1. The van der Waals surface area contributed by atoms with E-state index in [4.69, 9.17) is 25.6 Å². The first-order chi connectivity index (χ1) is 12.0. The van der Waals surface area contributed by atoms with Crippen molar-refractivity contribution in [3.05, 3.63) is 22.2 Å². The average molecular weight is 378 g/mol. The van der Waals surface area contributed by atoms with Crippen molar-refractivity contribution < 1.29 is 18.8 Å². The molecule has 26 heavy (non-hydrogen) atoms. The fourth-order valence-electron chi connectivity index (χ4n) is 3.90. The van der Waals surface area contributed by atoms with E-state index in [0.717, 1.165) is 17.4 Å². The van der Waals surface area contributed by atoms with E-state index >= 15 is 0 Å². The maximum absolute atomic E-state index is 13.1. The monoisotopic (exact) mass is 377 g/mol. The molecule has 5 nitrogen and oxygen atoms in total. The average Bonchev–Trinajstić information content (AvgIpc) is 2.94. The zero-order valence-corrected chi connectivity index (χ0v) is 16.9. The number of amides is 1. The van der Waals surface area contributed by atoms with E-state index in [1.54, 1.807) is 0 Å². The summed E-state index contributed by atoms with van der Waals surface area (Å²) in [5.74, 6) is 0.459. The first kappa shape index (κ1) is 18.1. The van der Waals surface area contributed by atoms with E-state index in [9.17, 15) is 4.79 Å². The van der Waals surface area contributed by atoms with Gasteiger partial charge in [0.2, 0.25) is 0 Å². The van der Waals surface area contributed by atoms with E-state index in [0.29, 0.717) is 22.9 Å². The summed E-state index contributed by atoms with van der Waals surface area (Å²) in [7, 11) is -0.566. The summed E-state index contributed by atoms with van der Waals surface area (Å²) in [6, 6.07) is 2.01. The molecule has 1 amide bonds. The van der Waals surface area contributed by atoms with Gasteiger partial charge >= 0.3 is 7.12 Å². The summed E-state index contributed by atoms with van der Waals surface area (Å²) in [5, 5.41) is 0.474. The van der Waals surface area contributed by atoms with Crippen LogP contribution in [-0.4, -0.2) is 47.8 Å². The van der Waals surface area contributed by atoms with Crippen LogP contribution in [0, 0.1) is 6.92 Å². The van der Waals surface area contributed by atoms with Crippen molar-refractivity contribution in [3.8, 4) is 5.75 Å². The number of rotatable bonds is 1. The second kappa shape index (κ2) is 5.63. The number of halogens is 1. The predicted octanol–water partition coefficient (Wildman–Crippen LogP) is 2.94. The van der Waals surface area contributed by atoms with Crippen molar-refractivity contribution in [3.63, 3.8) is 0 Å². The summed E-state index contributed by atoms with van der Waals surface area (Å²) < 4.78 is 18.5. The lowest BCUT2D eigenvalue weighted by molar-refractivity contribution is 0.00578. The topological polar surface area (TPSA) is 48.0 Å². The van der Waals surface area contributed by atoms with Gasteiger partial charge in [-0.3, -0.25) is 4.79 Å². The molecule has 1 unspecified atom stereocenters. The third kappa shape index (κ3) is 2.49. The molecule has 2 saturated heterocycles. The molecule has 2 bridgehead atoms. The fourth-order valence-corrected chi connectivity index (χ4v) is 4.16. The molecule has 0 aliphatic carbocycles. The third-order valence-electron chi connectivity index (χ3n) is 6.33. The van der Waals surface area contributed by atoms with Gasteiger partial charge in [0.25, 0.3) is 5.91 Å². The van der Waals surface area contributed by atoms with Crippen LogP contribution in [0.3, 0.4) is 0 Å². The van der Waals surface area contributed by atoms with Crippen molar-refractivity contribution in [1.29, 1.82) is 0 Å². The number of benzene rings is 1. The van der Waals surface area contributed by atoms with Crippen LogP contribution in [0.1, 0.15) is 57.0 Å². The number of fused-ring (bicyclic) bond motifs is 3. The summed E-state index contributed by atoms with van der Waals surface area (Å²) in [6.07, 6.45) is 0.828. The minimum Gasteiger partial charge on any atom is -0.486 e. The highest BCUT2D eigenvalue weighted by molar-refractivity contribution is 6.63. The van der Waals surface area contributed by atoms with Crippen molar-refractivity contribution in [2.45, 2.75) is 71.3 Å². The number of carbonyl (C=O) groups is 1. The minimum absolute atomic E-state index is 0.00482.